The van der Waals surface area contributed by atoms with E-state index >= 15 is 0 Å². The first-order chi connectivity index (χ1) is 8.77. The SMILES string of the molecule is CC.Cc1c(Br)cccc1OCc1ccccc1. The van der Waals surface area contributed by atoms with E-state index < -0.39 is 0 Å². The summed E-state index contributed by atoms with van der Waals surface area (Å²) < 4.78 is 6.86. The zero-order valence-corrected chi connectivity index (χ0v) is 12.7. The Hall–Kier alpha value is -1.28. The van der Waals surface area contributed by atoms with Gasteiger partial charge in [0.25, 0.3) is 0 Å². The Labute approximate surface area is 118 Å². The fraction of sp³-hybridized carbons (Fsp3) is 0.250. The monoisotopic (exact) mass is 306 g/mol. The van der Waals surface area contributed by atoms with Gasteiger partial charge in [0.15, 0.2) is 0 Å². The second-order valence-electron chi connectivity index (χ2n) is 3.64. The third-order valence-electron chi connectivity index (χ3n) is 2.46. The summed E-state index contributed by atoms with van der Waals surface area (Å²) in [5, 5.41) is 0. The van der Waals surface area contributed by atoms with Crippen LogP contribution in [0, 0.1) is 6.92 Å². The molecule has 0 spiro atoms. The Kier molecular flexibility index (Phi) is 6.51. The Bertz CT molecular complexity index is 466. The van der Waals surface area contributed by atoms with Gasteiger partial charge < -0.3 is 4.74 Å². The molecule has 2 heteroatoms. The molecule has 0 aliphatic rings. The fourth-order valence-electron chi connectivity index (χ4n) is 1.48. The molecule has 0 fully saturated rings. The summed E-state index contributed by atoms with van der Waals surface area (Å²) >= 11 is 3.49. The normalized spacial score (nSPS) is 9.33. The summed E-state index contributed by atoms with van der Waals surface area (Å²) in [6.45, 7) is 6.66. The van der Waals surface area contributed by atoms with E-state index in [1.165, 1.54) is 5.56 Å². The summed E-state index contributed by atoms with van der Waals surface area (Å²) in [7, 11) is 0. The standard InChI is InChI=1S/C14H13BrO.C2H6/c1-11-13(15)8-5-9-14(11)16-10-12-6-3-2-4-7-12;1-2/h2-9H,10H2,1H3;1-2H3. The first-order valence-electron chi connectivity index (χ1n) is 6.19. The maximum atomic E-state index is 5.77. The van der Waals surface area contributed by atoms with E-state index in [0.717, 1.165) is 15.8 Å². The van der Waals surface area contributed by atoms with Gasteiger partial charge in [0.05, 0.1) is 0 Å². The molecule has 1 nitrogen and oxygen atoms in total. The molecule has 0 saturated heterocycles. The van der Waals surface area contributed by atoms with Gasteiger partial charge in [0.2, 0.25) is 0 Å². The Morgan fingerprint density at radius 3 is 2.28 bits per heavy atom. The summed E-state index contributed by atoms with van der Waals surface area (Å²) in [6, 6.07) is 16.2. The molecular formula is C16H19BrO. The third-order valence-corrected chi connectivity index (χ3v) is 3.31. The highest BCUT2D eigenvalue weighted by Crippen LogP contribution is 2.26. The average molecular weight is 307 g/mol. The van der Waals surface area contributed by atoms with Crippen LogP contribution in [0.2, 0.25) is 0 Å². The van der Waals surface area contributed by atoms with Crippen molar-refractivity contribution in [3.8, 4) is 5.75 Å². The molecule has 0 aromatic heterocycles. The Morgan fingerprint density at radius 1 is 0.944 bits per heavy atom. The number of hydrogen-bond acceptors (Lipinski definition) is 1. The van der Waals surface area contributed by atoms with Crippen LogP contribution in [0.25, 0.3) is 0 Å². The second kappa shape index (κ2) is 7.93. The molecule has 0 heterocycles. The molecule has 96 valence electrons. The highest BCUT2D eigenvalue weighted by atomic mass is 79.9. The van der Waals surface area contributed by atoms with Gasteiger partial charge >= 0.3 is 0 Å². The molecule has 0 N–H and O–H groups in total. The smallest absolute Gasteiger partial charge is 0.123 e. The number of benzene rings is 2. The van der Waals surface area contributed by atoms with Crippen LogP contribution in [0.15, 0.2) is 53.0 Å². The molecule has 2 aromatic rings. The quantitative estimate of drug-likeness (QED) is 0.741. The lowest BCUT2D eigenvalue weighted by Gasteiger charge is -2.10. The van der Waals surface area contributed by atoms with E-state index in [2.05, 4.69) is 28.1 Å². The van der Waals surface area contributed by atoms with Gasteiger partial charge in [-0.05, 0) is 24.6 Å². The summed E-state index contributed by atoms with van der Waals surface area (Å²) in [4.78, 5) is 0. The number of hydrogen-bond donors (Lipinski definition) is 0. The van der Waals surface area contributed by atoms with Gasteiger partial charge in [-0.1, -0.05) is 66.2 Å². The zero-order valence-electron chi connectivity index (χ0n) is 11.1. The summed E-state index contributed by atoms with van der Waals surface area (Å²) in [5.41, 5.74) is 2.32. The maximum Gasteiger partial charge on any atom is 0.123 e. The predicted octanol–water partition coefficient (Wildman–Crippen LogP) is 5.36. The lowest BCUT2D eigenvalue weighted by atomic mass is 10.2. The van der Waals surface area contributed by atoms with E-state index in [0.29, 0.717) is 6.61 Å². The second-order valence-corrected chi connectivity index (χ2v) is 4.49. The molecule has 18 heavy (non-hydrogen) atoms. The number of halogens is 1. The molecule has 0 saturated carbocycles. The van der Waals surface area contributed by atoms with Crippen LogP contribution in [0.3, 0.4) is 0 Å². The topological polar surface area (TPSA) is 9.23 Å². The van der Waals surface area contributed by atoms with Crippen molar-refractivity contribution in [1.82, 2.24) is 0 Å². The van der Waals surface area contributed by atoms with Crippen LogP contribution in [0.5, 0.6) is 5.75 Å². The van der Waals surface area contributed by atoms with Crippen molar-refractivity contribution < 1.29 is 4.74 Å². The fourth-order valence-corrected chi connectivity index (χ4v) is 1.83. The van der Waals surface area contributed by atoms with Crippen LogP contribution < -0.4 is 4.74 Å². The van der Waals surface area contributed by atoms with Gasteiger partial charge in [0.1, 0.15) is 12.4 Å². The maximum absolute atomic E-state index is 5.77. The van der Waals surface area contributed by atoms with Gasteiger partial charge in [-0.25, -0.2) is 0 Å². The number of rotatable bonds is 3. The van der Waals surface area contributed by atoms with Crippen LogP contribution in [-0.2, 0) is 6.61 Å². The minimum atomic E-state index is 0.609. The zero-order chi connectivity index (χ0) is 13.4. The van der Waals surface area contributed by atoms with Crippen molar-refractivity contribution in [3.63, 3.8) is 0 Å². The molecule has 0 aliphatic heterocycles. The molecule has 0 aliphatic carbocycles. The van der Waals surface area contributed by atoms with E-state index in [1.54, 1.807) is 0 Å². The first kappa shape index (κ1) is 14.8. The van der Waals surface area contributed by atoms with Gasteiger partial charge in [-0.2, -0.15) is 0 Å². The molecule has 0 atom stereocenters. The molecular weight excluding hydrogens is 288 g/mol. The lowest BCUT2D eigenvalue weighted by Crippen LogP contribution is -1.96. The Balaban J connectivity index is 0.000000771. The average Bonchev–Trinajstić information content (AvgIpc) is 2.44. The van der Waals surface area contributed by atoms with Crippen molar-refractivity contribution >= 4 is 15.9 Å². The number of ether oxygens (including phenoxy) is 1. The van der Waals surface area contributed by atoms with Gasteiger partial charge in [0, 0.05) is 10.0 Å². The molecule has 2 aromatic carbocycles. The van der Waals surface area contributed by atoms with Crippen molar-refractivity contribution in [2.75, 3.05) is 0 Å². The van der Waals surface area contributed by atoms with Gasteiger partial charge in [-0.15, -0.1) is 0 Å². The van der Waals surface area contributed by atoms with Crippen LogP contribution in [-0.4, -0.2) is 0 Å². The van der Waals surface area contributed by atoms with Crippen molar-refractivity contribution in [2.45, 2.75) is 27.4 Å². The minimum absolute atomic E-state index is 0.609. The van der Waals surface area contributed by atoms with Crippen LogP contribution >= 0.6 is 15.9 Å². The molecule has 2 rings (SSSR count). The molecule has 0 unspecified atom stereocenters. The molecule has 0 amide bonds. The molecule has 0 radical (unpaired) electrons. The Morgan fingerprint density at radius 2 is 1.61 bits per heavy atom. The first-order valence-corrected chi connectivity index (χ1v) is 6.98. The van der Waals surface area contributed by atoms with E-state index in [9.17, 15) is 0 Å². The van der Waals surface area contributed by atoms with Crippen molar-refractivity contribution in [1.29, 1.82) is 0 Å². The van der Waals surface area contributed by atoms with Crippen molar-refractivity contribution in [2.24, 2.45) is 0 Å². The highest BCUT2D eigenvalue weighted by Gasteiger charge is 2.02. The van der Waals surface area contributed by atoms with Crippen molar-refractivity contribution in [3.05, 3.63) is 64.1 Å². The summed E-state index contributed by atoms with van der Waals surface area (Å²) in [6.07, 6.45) is 0. The third kappa shape index (κ3) is 4.19. The van der Waals surface area contributed by atoms with Crippen LogP contribution in [0.4, 0.5) is 0 Å². The van der Waals surface area contributed by atoms with E-state index in [1.807, 2.05) is 57.2 Å². The molecule has 0 bridgehead atoms. The van der Waals surface area contributed by atoms with E-state index in [4.69, 9.17) is 4.74 Å². The summed E-state index contributed by atoms with van der Waals surface area (Å²) in [5.74, 6) is 0.929. The van der Waals surface area contributed by atoms with E-state index in [-0.39, 0.29) is 0 Å². The highest BCUT2D eigenvalue weighted by molar-refractivity contribution is 9.10. The van der Waals surface area contributed by atoms with Crippen LogP contribution in [0.1, 0.15) is 25.0 Å². The predicted molar refractivity (Wildman–Crippen MR) is 81.0 cm³/mol. The largest absolute Gasteiger partial charge is 0.489 e. The lowest BCUT2D eigenvalue weighted by molar-refractivity contribution is 0.304. The minimum Gasteiger partial charge on any atom is -0.489 e. The van der Waals surface area contributed by atoms with Gasteiger partial charge in [-0.3, -0.25) is 0 Å².